The van der Waals surface area contributed by atoms with E-state index >= 15 is 0 Å². The quantitative estimate of drug-likeness (QED) is 0.765. The number of aryl methyl sites for hydroxylation is 1. The second-order valence-corrected chi connectivity index (χ2v) is 5.38. The van der Waals surface area contributed by atoms with Gasteiger partial charge in [0.1, 0.15) is 0 Å². The molecule has 114 valence electrons. The van der Waals surface area contributed by atoms with Crippen molar-refractivity contribution in [3.8, 4) is 0 Å². The molecule has 0 saturated carbocycles. The summed E-state index contributed by atoms with van der Waals surface area (Å²) in [6, 6.07) is -0.204. The van der Waals surface area contributed by atoms with Crippen LogP contribution in [0.25, 0.3) is 0 Å². The van der Waals surface area contributed by atoms with Gasteiger partial charge in [0, 0.05) is 38.2 Å². The number of rotatable bonds is 7. The van der Waals surface area contributed by atoms with Crippen LogP contribution in [0, 0.1) is 5.92 Å². The molecule has 2 amide bonds. The average molecular weight is 290 g/mol. The smallest absolute Gasteiger partial charge is 0.319 e. The van der Waals surface area contributed by atoms with Crippen molar-refractivity contribution in [2.24, 2.45) is 5.92 Å². The Morgan fingerprint density at radius 2 is 2.29 bits per heavy atom. The van der Waals surface area contributed by atoms with E-state index in [0.29, 0.717) is 18.2 Å². The van der Waals surface area contributed by atoms with Gasteiger partial charge >= 0.3 is 6.03 Å². The van der Waals surface area contributed by atoms with E-state index in [1.54, 1.807) is 18.7 Å². The van der Waals surface area contributed by atoms with Gasteiger partial charge in [0.2, 0.25) is 0 Å². The summed E-state index contributed by atoms with van der Waals surface area (Å²) in [7, 11) is 0. The first-order chi connectivity index (χ1) is 10.1. The molecule has 2 aromatic rings. The molecule has 0 fully saturated rings. The highest BCUT2D eigenvalue weighted by molar-refractivity contribution is 5.88. The lowest BCUT2D eigenvalue weighted by atomic mass is 10.2. The molecule has 0 radical (unpaired) electrons. The summed E-state index contributed by atoms with van der Waals surface area (Å²) in [5.74, 6) is 0.523. The summed E-state index contributed by atoms with van der Waals surface area (Å²) in [6.45, 7) is 6.55. The lowest BCUT2D eigenvalue weighted by Crippen LogP contribution is -2.29. The fraction of sp³-hybridized carbons (Fsp3) is 0.500. The molecule has 7 heteroatoms. The first-order valence-corrected chi connectivity index (χ1v) is 7.16. The Kier molecular flexibility index (Phi) is 5.36. The first-order valence-electron chi connectivity index (χ1n) is 7.16. The average Bonchev–Trinajstić information content (AvgIpc) is 3.06. The van der Waals surface area contributed by atoms with Gasteiger partial charge in [-0.2, -0.15) is 5.10 Å². The maximum Gasteiger partial charge on any atom is 0.319 e. The van der Waals surface area contributed by atoms with Crippen LogP contribution in [0.4, 0.5) is 10.5 Å². The zero-order chi connectivity index (χ0) is 15.1. The van der Waals surface area contributed by atoms with E-state index in [1.807, 2.05) is 21.6 Å². The third kappa shape index (κ3) is 5.29. The van der Waals surface area contributed by atoms with Crippen molar-refractivity contribution in [3.05, 3.63) is 31.1 Å². The number of urea groups is 1. The van der Waals surface area contributed by atoms with E-state index in [1.165, 1.54) is 0 Å². The monoisotopic (exact) mass is 290 g/mol. The number of nitrogens with one attached hydrogen (secondary N) is 2. The number of aromatic nitrogens is 4. The van der Waals surface area contributed by atoms with Gasteiger partial charge in [-0.3, -0.25) is 4.68 Å². The normalized spacial score (nSPS) is 10.8. The van der Waals surface area contributed by atoms with Crippen LogP contribution in [0.15, 0.2) is 31.1 Å². The molecule has 0 unspecified atom stereocenters. The summed E-state index contributed by atoms with van der Waals surface area (Å²) in [5.41, 5.74) is 0.711. The molecular formula is C14H22N6O. The SMILES string of the molecule is CC(C)Cn1cc(NC(=O)NCCCn2ccnc2)cn1. The van der Waals surface area contributed by atoms with Crippen molar-refractivity contribution >= 4 is 11.7 Å². The van der Waals surface area contributed by atoms with Crippen LogP contribution in [0.5, 0.6) is 0 Å². The molecular weight excluding hydrogens is 268 g/mol. The van der Waals surface area contributed by atoms with Gasteiger partial charge < -0.3 is 15.2 Å². The van der Waals surface area contributed by atoms with Crippen molar-refractivity contribution in [1.29, 1.82) is 0 Å². The van der Waals surface area contributed by atoms with Crippen LogP contribution >= 0.6 is 0 Å². The van der Waals surface area contributed by atoms with Crippen LogP contribution in [-0.4, -0.2) is 31.9 Å². The lowest BCUT2D eigenvalue weighted by Gasteiger charge is -2.06. The number of carbonyl (C=O) groups is 1. The summed E-state index contributed by atoms with van der Waals surface area (Å²) < 4.78 is 3.81. The third-order valence-electron chi connectivity index (χ3n) is 2.88. The number of carbonyl (C=O) groups excluding carboxylic acids is 1. The van der Waals surface area contributed by atoms with Gasteiger partial charge in [0.15, 0.2) is 0 Å². The Hall–Kier alpha value is -2.31. The second-order valence-electron chi connectivity index (χ2n) is 5.38. The summed E-state index contributed by atoms with van der Waals surface area (Å²) >= 11 is 0. The molecule has 0 spiro atoms. The highest BCUT2D eigenvalue weighted by atomic mass is 16.2. The molecule has 0 aliphatic carbocycles. The van der Waals surface area contributed by atoms with Crippen LogP contribution in [0.3, 0.4) is 0 Å². The Morgan fingerprint density at radius 1 is 1.43 bits per heavy atom. The molecule has 21 heavy (non-hydrogen) atoms. The molecule has 0 bridgehead atoms. The first kappa shape index (κ1) is 15.1. The van der Waals surface area contributed by atoms with Gasteiger partial charge in [0.05, 0.1) is 18.2 Å². The summed E-state index contributed by atoms with van der Waals surface area (Å²) in [5, 5.41) is 9.80. The van der Waals surface area contributed by atoms with E-state index < -0.39 is 0 Å². The third-order valence-corrected chi connectivity index (χ3v) is 2.88. The van der Waals surface area contributed by atoms with Crippen LogP contribution in [0.1, 0.15) is 20.3 Å². The molecule has 2 heterocycles. The molecule has 0 aromatic carbocycles. The highest BCUT2D eigenvalue weighted by Gasteiger charge is 2.04. The van der Waals surface area contributed by atoms with Gasteiger partial charge in [-0.25, -0.2) is 9.78 Å². The Balaban J connectivity index is 1.65. The number of amides is 2. The molecule has 2 aromatic heterocycles. The highest BCUT2D eigenvalue weighted by Crippen LogP contribution is 2.06. The molecule has 0 atom stereocenters. The van der Waals surface area contributed by atoms with Gasteiger partial charge in [-0.05, 0) is 12.3 Å². The molecule has 0 aliphatic heterocycles. The van der Waals surface area contributed by atoms with Crippen molar-refractivity contribution in [2.45, 2.75) is 33.4 Å². The topological polar surface area (TPSA) is 76.8 Å². The van der Waals surface area contributed by atoms with Crippen LogP contribution < -0.4 is 10.6 Å². The maximum absolute atomic E-state index is 11.7. The molecule has 2 rings (SSSR count). The Labute approximate surface area is 124 Å². The Bertz CT molecular complexity index is 546. The van der Waals surface area contributed by atoms with Gasteiger partial charge in [-0.1, -0.05) is 13.8 Å². The Morgan fingerprint density at radius 3 is 3.00 bits per heavy atom. The van der Waals surface area contributed by atoms with Crippen LogP contribution in [-0.2, 0) is 13.1 Å². The van der Waals surface area contributed by atoms with Crippen molar-refractivity contribution in [1.82, 2.24) is 24.6 Å². The number of hydrogen-bond donors (Lipinski definition) is 2. The second kappa shape index (κ2) is 7.47. The van der Waals surface area contributed by atoms with E-state index in [4.69, 9.17) is 0 Å². The summed E-state index contributed by atoms with van der Waals surface area (Å²) in [6.07, 6.45) is 9.77. The number of anilines is 1. The lowest BCUT2D eigenvalue weighted by molar-refractivity contribution is 0.252. The van der Waals surface area contributed by atoms with E-state index in [2.05, 4.69) is 34.6 Å². The largest absolute Gasteiger partial charge is 0.338 e. The van der Waals surface area contributed by atoms with Crippen molar-refractivity contribution < 1.29 is 4.79 Å². The summed E-state index contributed by atoms with van der Waals surface area (Å²) in [4.78, 5) is 15.7. The standard InChI is InChI=1S/C14H22N6O/c1-12(2)9-20-10-13(8-17-20)18-14(21)16-4-3-6-19-7-5-15-11-19/h5,7-8,10-12H,3-4,6,9H2,1-2H3,(H2,16,18,21). The maximum atomic E-state index is 11.7. The predicted octanol–water partition coefficient (Wildman–Crippen LogP) is 1.95. The number of imidazole rings is 1. The molecule has 2 N–H and O–H groups in total. The van der Waals surface area contributed by atoms with Gasteiger partial charge in [0.25, 0.3) is 0 Å². The van der Waals surface area contributed by atoms with Gasteiger partial charge in [-0.15, -0.1) is 0 Å². The predicted molar refractivity (Wildman–Crippen MR) is 80.9 cm³/mol. The molecule has 0 aliphatic rings. The van der Waals surface area contributed by atoms with Crippen molar-refractivity contribution in [3.63, 3.8) is 0 Å². The zero-order valence-corrected chi connectivity index (χ0v) is 12.5. The zero-order valence-electron chi connectivity index (χ0n) is 12.5. The number of nitrogens with zero attached hydrogens (tertiary/aromatic N) is 4. The minimum Gasteiger partial charge on any atom is -0.338 e. The fourth-order valence-electron chi connectivity index (χ4n) is 1.96. The molecule has 0 saturated heterocycles. The molecule has 7 nitrogen and oxygen atoms in total. The van der Waals surface area contributed by atoms with E-state index in [0.717, 1.165) is 19.5 Å². The van der Waals surface area contributed by atoms with Crippen molar-refractivity contribution in [2.75, 3.05) is 11.9 Å². The van der Waals surface area contributed by atoms with Crippen LogP contribution in [0.2, 0.25) is 0 Å². The van der Waals surface area contributed by atoms with E-state index in [-0.39, 0.29) is 6.03 Å². The number of hydrogen-bond acceptors (Lipinski definition) is 3. The van der Waals surface area contributed by atoms with E-state index in [9.17, 15) is 4.79 Å². The fourth-order valence-corrected chi connectivity index (χ4v) is 1.96. The minimum absolute atomic E-state index is 0.204. The minimum atomic E-state index is -0.204.